The Labute approximate surface area is 352 Å². The number of carbonyl (C=O) groups excluding carboxylic acids is 2. The van der Waals surface area contributed by atoms with Crippen molar-refractivity contribution in [3.05, 3.63) is 89.0 Å². The molecule has 4 atom stereocenters. The van der Waals surface area contributed by atoms with Crippen LogP contribution in [0, 0.1) is 47.4 Å². The molecule has 0 amide bonds. The summed E-state index contributed by atoms with van der Waals surface area (Å²) in [6, 6.07) is 10.9. The molecule has 0 bridgehead atoms. The van der Waals surface area contributed by atoms with E-state index in [4.69, 9.17) is 18.9 Å². The van der Waals surface area contributed by atoms with Gasteiger partial charge in [0.05, 0.1) is 19.3 Å². The van der Waals surface area contributed by atoms with Gasteiger partial charge in [-0.3, -0.25) is 0 Å². The maximum absolute atomic E-state index is 11.4. The summed E-state index contributed by atoms with van der Waals surface area (Å²) in [7, 11) is 0. The summed E-state index contributed by atoms with van der Waals surface area (Å²) in [5, 5.41) is 0. The predicted octanol–water partition coefficient (Wildman–Crippen LogP) is 11.8. The molecule has 6 rings (SSSR count). The zero-order valence-corrected chi connectivity index (χ0v) is 37.5. The number of ether oxygens (including phenoxy) is 4. The predicted molar refractivity (Wildman–Crippen MR) is 240 cm³/mol. The Morgan fingerprint density at radius 2 is 1.45 bits per heavy atom. The Morgan fingerprint density at radius 3 is 2.10 bits per heavy atom. The van der Waals surface area contributed by atoms with E-state index < -0.39 is 11.9 Å². The number of rotatable bonds is 7. The third-order valence-electron chi connectivity index (χ3n) is 11.2. The number of aryl methyl sites for hydroxylation is 1. The van der Waals surface area contributed by atoms with Crippen LogP contribution in [0.5, 0.6) is 5.75 Å². The smallest absolute Gasteiger partial charge is 0.331 e. The van der Waals surface area contributed by atoms with Crippen molar-refractivity contribution in [1.82, 2.24) is 0 Å². The molecule has 4 aliphatic rings. The highest BCUT2D eigenvalue weighted by Crippen LogP contribution is 2.48. The molecule has 1 fully saturated rings. The van der Waals surface area contributed by atoms with Gasteiger partial charge in [0.15, 0.2) is 13.2 Å². The highest BCUT2D eigenvalue weighted by atomic mass is 16.5. The highest BCUT2D eigenvalue weighted by molar-refractivity contribution is 5.81. The van der Waals surface area contributed by atoms with Crippen molar-refractivity contribution in [3.63, 3.8) is 0 Å². The van der Waals surface area contributed by atoms with Crippen LogP contribution in [-0.2, 0) is 43.1 Å². The molecule has 2 aromatic carbocycles. The summed E-state index contributed by atoms with van der Waals surface area (Å²) in [4.78, 5) is 22.9. The zero-order valence-electron chi connectivity index (χ0n) is 37.5. The van der Waals surface area contributed by atoms with Gasteiger partial charge in [-0.2, -0.15) is 0 Å². The molecule has 58 heavy (non-hydrogen) atoms. The molecule has 0 spiro atoms. The molecule has 3 aliphatic carbocycles. The first-order valence-corrected chi connectivity index (χ1v) is 22.5. The number of carbonyl (C=O) groups is 2. The molecule has 0 aromatic heterocycles. The fourth-order valence-electron chi connectivity index (χ4n) is 8.62. The lowest BCUT2D eigenvalue weighted by Gasteiger charge is -2.37. The van der Waals surface area contributed by atoms with Crippen molar-refractivity contribution in [2.24, 2.45) is 23.7 Å². The summed E-state index contributed by atoms with van der Waals surface area (Å²) < 4.78 is 24.1. The summed E-state index contributed by atoms with van der Waals surface area (Å²) in [6.07, 6.45) is 14.7. The number of fused-ring (bicyclic) bond motifs is 7. The first-order chi connectivity index (χ1) is 28.5. The van der Waals surface area contributed by atoms with Gasteiger partial charge >= 0.3 is 11.9 Å². The number of benzene rings is 2. The van der Waals surface area contributed by atoms with E-state index in [1.54, 1.807) is 0 Å². The van der Waals surface area contributed by atoms with Gasteiger partial charge in [-0.25, -0.2) is 9.59 Å². The number of hydrogen-bond acceptors (Lipinski definition) is 6. The Bertz CT molecular complexity index is 1690. The third-order valence-corrected chi connectivity index (χ3v) is 11.2. The standard InChI is InChI=1S/C44H50O6.4C2H6/c1-4-9-30-12-16-33(17-13-30)36-28-49-39-22-18-34-26-31(10-7-24-47-41(45)5-2)14-20-37(34)43(39)44-38-21-15-32(11-8-25-48-42(46)6-3)27-35(38)19-23-40(44)50-29-36;4*1-2/h5-6,14,19-20,23,26,30,32-33,36,39,43H,2-4,9,12-13,15-18,21-22,24-25,27-29H2,1H3;4*1-2H3/t30?,32-,33?,36?,39+,43-;;;;/m0..../s1. The van der Waals surface area contributed by atoms with Crippen molar-refractivity contribution in [2.45, 2.75) is 145 Å². The normalized spacial score (nSPS) is 22.2. The Balaban J connectivity index is 0.00000137. The molecular formula is C52H74O6. The molecule has 0 saturated heterocycles. The zero-order chi connectivity index (χ0) is 42.9. The van der Waals surface area contributed by atoms with Crippen LogP contribution in [-0.4, -0.2) is 44.5 Å². The SMILES string of the molecule is C=CC(=O)OCC#Cc1ccc2c(c1)CC[C@H]1OCC(C3CCC(CCC)CC3)COc3ccc4c(c3[C@@H]21)CC[C@H](C#CCOC(=O)C=C)C4.CC.CC.CC.CC. The number of esters is 2. The fraction of sp³-hybridized carbons (Fsp3) is 0.577. The van der Waals surface area contributed by atoms with Crippen LogP contribution >= 0.6 is 0 Å². The molecule has 1 aliphatic heterocycles. The van der Waals surface area contributed by atoms with E-state index in [2.05, 4.69) is 74.1 Å². The molecule has 1 saturated carbocycles. The van der Waals surface area contributed by atoms with Crippen LogP contribution in [0.4, 0.5) is 0 Å². The largest absolute Gasteiger partial charge is 0.493 e. The van der Waals surface area contributed by atoms with E-state index in [0.29, 0.717) is 18.4 Å². The monoisotopic (exact) mass is 795 g/mol. The Kier molecular flexibility index (Phi) is 24.3. The average molecular weight is 795 g/mol. The van der Waals surface area contributed by atoms with Gasteiger partial charge in [0.25, 0.3) is 0 Å². The van der Waals surface area contributed by atoms with Crippen LogP contribution in [0.2, 0.25) is 0 Å². The molecule has 0 N–H and O–H groups in total. The minimum Gasteiger partial charge on any atom is -0.493 e. The van der Waals surface area contributed by atoms with Crippen LogP contribution < -0.4 is 4.74 Å². The van der Waals surface area contributed by atoms with E-state index in [9.17, 15) is 9.59 Å². The first kappa shape index (κ1) is 49.9. The molecule has 1 unspecified atom stereocenters. The maximum atomic E-state index is 11.4. The lowest BCUT2D eigenvalue weighted by molar-refractivity contribution is -0.137. The van der Waals surface area contributed by atoms with Crippen LogP contribution in [0.3, 0.4) is 0 Å². The van der Waals surface area contributed by atoms with Crippen LogP contribution in [0.1, 0.15) is 153 Å². The second-order valence-corrected chi connectivity index (χ2v) is 14.2. The van der Waals surface area contributed by atoms with E-state index in [0.717, 1.165) is 68.1 Å². The van der Waals surface area contributed by atoms with E-state index in [1.165, 1.54) is 66.3 Å². The second-order valence-electron chi connectivity index (χ2n) is 14.2. The first-order valence-electron chi connectivity index (χ1n) is 22.5. The summed E-state index contributed by atoms with van der Waals surface area (Å²) in [5.41, 5.74) is 7.44. The fourth-order valence-corrected chi connectivity index (χ4v) is 8.62. The summed E-state index contributed by atoms with van der Waals surface area (Å²) in [5.74, 6) is 14.7. The van der Waals surface area contributed by atoms with Gasteiger partial charge in [-0.1, -0.05) is 137 Å². The lowest BCUT2D eigenvalue weighted by Crippen LogP contribution is -2.34. The Hall–Kier alpha value is -4.26. The summed E-state index contributed by atoms with van der Waals surface area (Å²) >= 11 is 0. The number of hydrogen-bond donors (Lipinski definition) is 0. The molecule has 6 nitrogen and oxygen atoms in total. The molecule has 2 aromatic rings. The average Bonchev–Trinajstić information content (AvgIpc) is 3.37. The second kappa shape index (κ2) is 28.2. The third kappa shape index (κ3) is 14.2. The van der Waals surface area contributed by atoms with Crippen LogP contribution in [0.15, 0.2) is 55.6 Å². The quantitative estimate of drug-likeness (QED) is 0.158. The molecular weight excluding hydrogens is 721 g/mol. The van der Waals surface area contributed by atoms with E-state index in [-0.39, 0.29) is 31.2 Å². The van der Waals surface area contributed by atoms with Gasteiger partial charge in [-0.15, -0.1) is 0 Å². The molecule has 0 radical (unpaired) electrons. The maximum Gasteiger partial charge on any atom is 0.331 e. The topological polar surface area (TPSA) is 71.1 Å². The molecule has 318 valence electrons. The van der Waals surface area contributed by atoms with Gasteiger partial charge in [0.2, 0.25) is 0 Å². The lowest BCUT2D eigenvalue weighted by atomic mass is 9.71. The minimum absolute atomic E-state index is 0.0318. The van der Waals surface area contributed by atoms with Crippen molar-refractivity contribution >= 4 is 11.9 Å². The van der Waals surface area contributed by atoms with Gasteiger partial charge in [-0.05, 0) is 97.2 Å². The van der Waals surface area contributed by atoms with E-state index in [1.807, 2.05) is 55.4 Å². The van der Waals surface area contributed by atoms with Crippen molar-refractivity contribution in [1.29, 1.82) is 0 Å². The highest BCUT2D eigenvalue weighted by Gasteiger charge is 2.39. The van der Waals surface area contributed by atoms with Crippen molar-refractivity contribution in [3.8, 4) is 29.4 Å². The Morgan fingerprint density at radius 1 is 0.776 bits per heavy atom. The van der Waals surface area contributed by atoms with Crippen molar-refractivity contribution in [2.75, 3.05) is 26.4 Å². The van der Waals surface area contributed by atoms with Gasteiger partial charge in [0, 0.05) is 41.0 Å². The summed E-state index contributed by atoms with van der Waals surface area (Å²) in [6.45, 7) is 26.7. The van der Waals surface area contributed by atoms with Crippen molar-refractivity contribution < 1.29 is 28.5 Å². The molecule has 1 heterocycles. The van der Waals surface area contributed by atoms with Gasteiger partial charge < -0.3 is 18.9 Å². The molecule has 6 heteroatoms. The van der Waals surface area contributed by atoms with Gasteiger partial charge in [0.1, 0.15) is 5.75 Å². The van der Waals surface area contributed by atoms with E-state index >= 15 is 0 Å². The van der Waals surface area contributed by atoms with Crippen LogP contribution in [0.25, 0.3) is 0 Å². The minimum atomic E-state index is -0.473.